The SMILES string of the molecule is CNC(=O)n1c(C)cc2c(F)c(Oc3ccnc4cc(C(=O)N5CCC[C@H]5CO)sc34)ccc21. The molecule has 1 saturated heterocycles. The summed E-state index contributed by atoms with van der Waals surface area (Å²) in [5, 5.41) is 12.4. The first-order valence-electron chi connectivity index (χ1n) is 10.9. The number of benzene rings is 1. The van der Waals surface area contributed by atoms with Crippen LogP contribution >= 0.6 is 11.3 Å². The van der Waals surface area contributed by atoms with Crippen LogP contribution in [0.1, 0.15) is 28.2 Å². The number of ether oxygens (including phenoxy) is 1. The predicted molar refractivity (Wildman–Crippen MR) is 127 cm³/mol. The van der Waals surface area contributed by atoms with Gasteiger partial charge in [-0.2, -0.15) is 0 Å². The summed E-state index contributed by atoms with van der Waals surface area (Å²) < 4.78 is 23.4. The maximum Gasteiger partial charge on any atom is 0.325 e. The number of thiophene rings is 1. The summed E-state index contributed by atoms with van der Waals surface area (Å²) in [5.41, 5.74) is 1.62. The van der Waals surface area contributed by atoms with E-state index in [1.165, 1.54) is 29.0 Å². The van der Waals surface area contributed by atoms with Crippen LogP contribution in [0.3, 0.4) is 0 Å². The fraction of sp³-hybridized carbons (Fsp3) is 0.292. The van der Waals surface area contributed by atoms with Gasteiger partial charge in [0.05, 0.1) is 33.3 Å². The van der Waals surface area contributed by atoms with E-state index in [2.05, 4.69) is 10.3 Å². The average Bonchev–Trinajstić information content (AvgIpc) is 3.56. The fourth-order valence-corrected chi connectivity index (χ4v) is 5.49. The van der Waals surface area contributed by atoms with E-state index < -0.39 is 5.82 Å². The van der Waals surface area contributed by atoms with Gasteiger partial charge in [-0.1, -0.05) is 0 Å². The summed E-state index contributed by atoms with van der Waals surface area (Å²) in [7, 11) is 1.52. The number of nitrogens with one attached hydrogen (secondary N) is 1. The Morgan fingerprint density at radius 2 is 2.12 bits per heavy atom. The van der Waals surface area contributed by atoms with Crippen LogP contribution in [0.5, 0.6) is 11.5 Å². The first-order chi connectivity index (χ1) is 16.4. The van der Waals surface area contributed by atoms with E-state index in [0.717, 1.165) is 12.8 Å². The molecule has 5 rings (SSSR count). The molecule has 0 spiro atoms. The Balaban J connectivity index is 1.50. The summed E-state index contributed by atoms with van der Waals surface area (Å²) in [4.78, 5) is 31.7. The molecule has 1 atom stereocenters. The van der Waals surface area contributed by atoms with Gasteiger partial charge in [-0.25, -0.2) is 9.18 Å². The molecule has 0 bridgehead atoms. The number of carbonyl (C=O) groups excluding carboxylic acids is 2. The van der Waals surface area contributed by atoms with Gasteiger partial charge in [0, 0.05) is 36.9 Å². The van der Waals surface area contributed by atoms with Crippen LogP contribution in [0.15, 0.2) is 36.5 Å². The van der Waals surface area contributed by atoms with Crippen LogP contribution in [0, 0.1) is 12.7 Å². The highest BCUT2D eigenvalue weighted by molar-refractivity contribution is 7.21. The number of fused-ring (bicyclic) bond motifs is 2. The van der Waals surface area contributed by atoms with E-state index in [0.29, 0.717) is 38.6 Å². The van der Waals surface area contributed by atoms with Gasteiger partial charge in [-0.15, -0.1) is 11.3 Å². The molecule has 1 aliphatic rings. The first kappa shape index (κ1) is 22.3. The van der Waals surface area contributed by atoms with Crippen molar-refractivity contribution in [2.24, 2.45) is 0 Å². The minimum absolute atomic E-state index is 0.00946. The smallest absolute Gasteiger partial charge is 0.325 e. The average molecular weight is 483 g/mol. The number of pyridine rings is 1. The number of nitrogens with zero attached hydrogens (tertiary/aromatic N) is 3. The molecule has 4 heterocycles. The van der Waals surface area contributed by atoms with Crippen LogP contribution in [-0.2, 0) is 0 Å². The van der Waals surface area contributed by atoms with E-state index in [9.17, 15) is 14.7 Å². The van der Waals surface area contributed by atoms with Crippen molar-refractivity contribution >= 4 is 44.4 Å². The summed E-state index contributed by atoms with van der Waals surface area (Å²) in [6.45, 7) is 2.27. The van der Waals surface area contributed by atoms with Crippen LogP contribution in [0.25, 0.3) is 21.1 Å². The zero-order chi connectivity index (χ0) is 24.0. The normalized spacial score (nSPS) is 15.9. The molecule has 1 aromatic carbocycles. The van der Waals surface area contributed by atoms with Crippen molar-refractivity contribution in [2.45, 2.75) is 25.8 Å². The molecule has 1 aliphatic heterocycles. The van der Waals surface area contributed by atoms with Gasteiger partial charge in [0.2, 0.25) is 0 Å². The lowest BCUT2D eigenvalue weighted by Gasteiger charge is -2.22. The molecule has 2 N–H and O–H groups in total. The summed E-state index contributed by atoms with van der Waals surface area (Å²) in [6, 6.07) is 7.53. The van der Waals surface area contributed by atoms with Gasteiger partial charge < -0.3 is 20.1 Å². The van der Waals surface area contributed by atoms with Crippen molar-refractivity contribution in [3.05, 3.63) is 52.9 Å². The number of amides is 2. The molecule has 0 saturated carbocycles. The van der Waals surface area contributed by atoms with E-state index in [4.69, 9.17) is 4.74 Å². The summed E-state index contributed by atoms with van der Waals surface area (Å²) in [5.74, 6) is -0.335. The second-order valence-electron chi connectivity index (χ2n) is 8.20. The van der Waals surface area contributed by atoms with Gasteiger partial charge in [0.25, 0.3) is 5.91 Å². The molecule has 34 heavy (non-hydrogen) atoms. The highest BCUT2D eigenvalue weighted by atomic mass is 32.1. The van der Waals surface area contributed by atoms with Crippen molar-refractivity contribution in [3.8, 4) is 11.5 Å². The third kappa shape index (κ3) is 3.59. The van der Waals surface area contributed by atoms with Crippen LogP contribution < -0.4 is 10.1 Å². The van der Waals surface area contributed by atoms with E-state index in [-0.39, 0.29) is 35.7 Å². The van der Waals surface area contributed by atoms with Crippen molar-refractivity contribution in [1.82, 2.24) is 19.8 Å². The predicted octanol–water partition coefficient (Wildman–Crippen LogP) is 4.28. The number of carbonyl (C=O) groups is 2. The monoisotopic (exact) mass is 482 g/mol. The standard InChI is InChI=1S/C24H23FN4O4S/c1-13-10-15-17(29(13)24(32)26-2)5-6-18(21(15)25)33-19-7-8-27-16-11-20(34-22(16)19)23(31)28-9-3-4-14(28)12-30/h5-8,10-11,14,30H,3-4,9,12H2,1-2H3,(H,26,32)/t14-/m0/s1. The second kappa shape index (κ2) is 8.69. The lowest BCUT2D eigenvalue weighted by molar-refractivity contribution is 0.0682. The fourth-order valence-electron chi connectivity index (χ4n) is 4.47. The number of aryl methyl sites for hydroxylation is 1. The van der Waals surface area contributed by atoms with Gasteiger partial charge in [-0.3, -0.25) is 14.3 Å². The first-order valence-corrected chi connectivity index (χ1v) is 11.8. The van der Waals surface area contributed by atoms with Crippen molar-refractivity contribution in [1.29, 1.82) is 0 Å². The van der Waals surface area contributed by atoms with Crippen LogP contribution in [0.2, 0.25) is 0 Å². The highest BCUT2D eigenvalue weighted by Crippen LogP contribution is 2.38. The molecule has 176 valence electrons. The number of rotatable bonds is 4. The van der Waals surface area contributed by atoms with Gasteiger partial charge >= 0.3 is 6.03 Å². The molecule has 2 amide bonds. The van der Waals surface area contributed by atoms with Gasteiger partial charge in [0.1, 0.15) is 5.75 Å². The molecule has 10 heteroatoms. The molecule has 4 aromatic rings. The number of aromatic nitrogens is 2. The Kier molecular flexibility index (Phi) is 5.70. The molecular weight excluding hydrogens is 459 g/mol. The second-order valence-corrected chi connectivity index (χ2v) is 9.25. The van der Waals surface area contributed by atoms with Crippen molar-refractivity contribution in [2.75, 3.05) is 20.2 Å². The minimum atomic E-state index is -0.580. The van der Waals surface area contributed by atoms with Gasteiger partial charge in [0.15, 0.2) is 11.6 Å². The number of hydrogen-bond donors (Lipinski definition) is 2. The Bertz CT molecular complexity index is 1430. The number of aliphatic hydroxyl groups is 1. The minimum Gasteiger partial charge on any atom is -0.453 e. The zero-order valence-corrected chi connectivity index (χ0v) is 19.5. The van der Waals surface area contributed by atoms with Gasteiger partial charge in [-0.05, 0) is 44.0 Å². The van der Waals surface area contributed by atoms with Crippen LogP contribution in [-0.4, -0.2) is 57.7 Å². The lowest BCUT2D eigenvalue weighted by Crippen LogP contribution is -2.37. The number of aliphatic hydroxyl groups excluding tert-OH is 1. The summed E-state index contributed by atoms with van der Waals surface area (Å²) >= 11 is 1.23. The number of likely N-dealkylation sites (tertiary alicyclic amines) is 1. The Labute approximate surface area is 198 Å². The molecule has 0 unspecified atom stereocenters. The topological polar surface area (TPSA) is 96.7 Å². The number of halogens is 1. The Hall–Kier alpha value is -3.50. The molecule has 3 aromatic heterocycles. The molecule has 1 fully saturated rings. The molecule has 0 radical (unpaired) electrons. The van der Waals surface area contributed by atoms with Crippen LogP contribution in [0.4, 0.5) is 9.18 Å². The van der Waals surface area contributed by atoms with E-state index >= 15 is 4.39 Å². The van der Waals surface area contributed by atoms with Crippen molar-refractivity contribution in [3.63, 3.8) is 0 Å². The third-order valence-corrected chi connectivity index (χ3v) is 7.27. The molecule has 0 aliphatic carbocycles. The Morgan fingerprint density at radius 1 is 1.29 bits per heavy atom. The maximum absolute atomic E-state index is 15.4. The molecular formula is C24H23FN4O4S. The van der Waals surface area contributed by atoms with Crippen molar-refractivity contribution < 1.29 is 23.8 Å². The quantitative estimate of drug-likeness (QED) is 0.453. The van der Waals surface area contributed by atoms with E-state index in [1.807, 2.05) is 0 Å². The highest BCUT2D eigenvalue weighted by Gasteiger charge is 2.30. The zero-order valence-electron chi connectivity index (χ0n) is 18.7. The third-order valence-electron chi connectivity index (χ3n) is 6.14. The Morgan fingerprint density at radius 3 is 2.88 bits per heavy atom. The number of hydrogen-bond acceptors (Lipinski definition) is 6. The molecule has 8 nitrogen and oxygen atoms in total. The van der Waals surface area contributed by atoms with E-state index in [1.54, 1.807) is 42.3 Å². The maximum atomic E-state index is 15.4. The lowest BCUT2D eigenvalue weighted by atomic mass is 10.2. The largest absolute Gasteiger partial charge is 0.453 e. The summed E-state index contributed by atoms with van der Waals surface area (Å²) in [6.07, 6.45) is 3.19.